The van der Waals surface area contributed by atoms with E-state index in [4.69, 9.17) is 5.11 Å². The van der Waals surface area contributed by atoms with E-state index >= 15 is 0 Å². The van der Waals surface area contributed by atoms with Crippen LogP contribution in [0.15, 0.2) is 42.5 Å². The van der Waals surface area contributed by atoms with Gasteiger partial charge < -0.3 is 10.4 Å². The third kappa shape index (κ3) is 3.32. The number of hydrogen-bond donors (Lipinski definition) is 2. The van der Waals surface area contributed by atoms with Gasteiger partial charge in [-0.3, -0.25) is 4.79 Å². The maximum Gasteiger partial charge on any atom is 0.251 e. The Bertz CT molecular complexity index is 590. The van der Waals surface area contributed by atoms with E-state index < -0.39 is 5.54 Å². The molecule has 0 fully saturated rings. The van der Waals surface area contributed by atoms with Gasteiger partial charge in [0.15, 0.2) is 0 Å². The van der Waals surface area contributed by atoms with Crippen LogP contribution in [0, 0.1) is 0 Å². The van der Waals surface area contributed by atoms with Crippen molar-refractivity contribution >= 4 is 16.7 Å². The molecule has 0 saturated heterocycles. The van der Waals surface area contributed by atoms with Crippen molar-refractivity contribution in [2.45, 2.75) is 25.8 Å². The minimum absolute atomic E-state index is 0.0605. The van der Waals surface area contributed by atoms with Crippen LogP contribution in [0.1, 0.15) is 30.6 Å². The highest BCUT2D eigenvalue weighted by atomic mass is 16.3. The number of fused-ring (bicyclic) bond motifs is 1. The van der Waals surface area contributed by atoms with Gasteiger partial charge in [-0.15, -0.1) is 0 Å². The van der Waals surface area contributed by atoms with Crippen LogP contribution in [0.3, 0.4) is 0 Å². The minimum Gasteiger partial charge on any atom is -0.396 e. The topological polar surface area (TPSA) is 49.3 Å². The average Bonchev–Trinajstić information content (AvgIpc) is 2.37. The van der Waals surface area contributed by atoms with Crippen molar-refractivity contribution in [2.75, 3.05) is 6.61 Å². The molecule has 3 nitrogen and oxygen atoms in total. The lowest BCUT2D eigenvalue weighted by molar-refractivity contribution is 0.0899. The first-order valence-electron chi connectivity index (χ1n) is 6.44. The van der Waals surface area contributed by atoms with Crippen molar-refractivity contribution in [3.63, 3.8) is 0 Å². The number of hydrogen-bond acceptors (Lipinski definition) is 2. The van der Waals surface area contributed by atoms with Crippen molar-refractivity contribution in [3.05, 3.63) is 48.0 Å². The molecule has 1 amide bonds. The van der Waals surface area contributed by atoms with E-state index in [0.29, 0.717) is 12.0 Å². The summed E-state index contributed by atoms with van der Waals surface area (Å²) in [5.74, 6) is -0.107. The SMILES string of the molecule is CC(C)(CCO)NC(=O)c1ccc2ccccc2c1. The molecule has 2 rings (SSSR count). The van der Waals surface area contributed by atoms with E-state index in [0.717, 1.165) is 10.8 Å². The molecule has 0 heterocycles. The van der Waals surface area contributed by atoms with Crippen LogP contribution in [0.2, 0.25) is 0 Å². The molecule has 0 aliphatic rings. The van der Waals surface area contributed by atoms with Crippen LogP contribution in [-0.4, -0.2) is 23.2 Å². The van der Waals surface area contributed by atoms with Crippen LogP contribution < -0.4 is 5.32 Å². The molecule has 0 radical (unpaired) electrons. The number of amides is 1. The average molecular weight is 257 g/mol. The van der Waals surface area contributed by atoms with Gasteiger partial charge in [0.1, 0.15) is 0 Å². The minimum atomic E-state index is -0.405. The second kappa shape index (κ2) is 5.41. The number of carbonyl (C=O) groups is 1. The van der Waals surface area contributed by atoms with Crippen molar-refractivity contribution in [2.24, 2.45) is 0 Å². The lowest BCUT2D eigenvalue weighted by Crippen LogP contribution is -2.44. The Balaban J connectivity index is 2.22. The summed E-state index contributed by atoms with van der Waals surface area (Å²) < 4.78 is 0. The Kier molecular flexibility index (Phi) is 3.86. The Morgan fingerprint density at radius 3 is 2.53 bits per heavy atom. The summed E-state index contributed by atoms with van der Waals surface area (Å²) in [5.41, 5.74) is 0.238. The predicted molar refractivity (Wildman–Crippen MR) is 77.2 cm³/mol. The molecule has 2 N–H and O–H groups in total. The second-order valence-electron chi connectivity index (χ2n) is 5.37. The standard InChI is InChI=1S/C16H19NO2/c1-16(2,9-10-18)17-15(19)14-8-7-12-5-3-4-6-13(12)11-14/h3-8,11,18H,9-10H2,1-2H3,(H,17,19). The predicted octanol–water partition coefficient (Wildman–Crippen LogP) is 2.73. The zero-order valence-electron chi connectivity index (χ0n) is 11.3. The molecule has 2 aromatic carbocycles. The third-order valence-corrected chi connectivity index (χ3v) is 3.20. The van der Waals surface area contributed by atoms with E-state index in [2.05, 4.69) is 5.32 Å². The van der Waals surface area contributed by atoms with Crippen LogP contribution in [0.4, 0.5) is 0 Å². The first-order chi connectivity index (χ1) is 9.02. The quantitative estimate of drug-likeness (QED) is 0.884. The first kappa shape index (κ1) is 13.6. The molecule has 0 unspecified atom stereocenters. The molecule has 19 heavy (non-hydrogen) atoms. The lowest BCUT2D eigenvalue weighted by atomic mass is 10.00. The fraction of sp³-hybridized carbons (Fsp3) is 0.312. The fourth-order valence-electron chi connectivity index (χ4n) is 2.05. The number of nitrogens with one attached hydrogen (secondary N) is 1. The summed E-state index contributed by atoms with van der Waals surface area (Å²) in [5, 5.41) is 14.1. The molecule has 2 aromatic rings. The zero-order chi connectivity index (χ0) is 13.9. The molecule has 0 aromatic heterocycles. The van der Waals surface area contributed by atoms with Crippen molar-refractivity contribution in [3.8, 4) is 0 Å². The van der Waals surface area contributed by atoms with Crippen LogP contribution >= 0.6 is 0 Å². The van der Waals surface area contributed by atoms with E-state index in [1.165, 1.54) is 0 Å². The van der Waals surface area contributed by atoms with Crippen LogP contribution in [0.25, 0.3) is 10.8 Å². The number of benzene rings is 2. The lowest BCUT2D eigenvalue weighted by Gasteiger charge is -2.25. The Hall–Kier alpha value is -1.87. The van der Waals surface area contributed by atoms with E-state index in [-0.39, 0.29) is 12.5 Å². The van der Waals surface area contributed by atoms with Gasteiger partial charge >= 0.3 is 0 Å². The summed E-state index contributed by atoms with van der Waals surface area (Å²) in [4.78, 5) is 12.2. The van der Waals surface area contributed by atoms with Gasteiger partial charge in [0.25, 0.3) is 5.91 Å². The maximum atomic E-state index is 12.2. The molecule has 0 bridgehead atoms. The molecule has 0 aliphatic heterocycles. The van der Waals surface area contributed by atoms with Gasteiger partial charge in [0.2, 0.25) is 0 Å². The van der Waals surface area contributed by atoms with Gasteiger partial charge in [-0.25, -0.2) is 0 Å². The molecular formula is C16H19NO2. The normalized spacial score (nSPS) is 11.5. The summed E-state index contributed by atoms with van der Waals surface area (Å²) >= 11 is 0. The number of rotatable bonds is 4. The first-order valence-corrected chi connectivity index (χ1v) is 6.44. The van der Waals surface area contributed by atoms with Crippen molar-refractivity contribution in [1.29, 1.82) is 0 Å². The molecule has 3 heteroatoms. The molecule has 100 valence electrons. The Morgan fingerprint density at radius 2 is 1.84 bits per heavy atom. The fourth-order valence-corrected chi connectivity index (χ4v) is 2.05. The van der Waals surface area contributed by atoms with Gasteiger partial charge in [0, 0.05) is 17.7 Å². The maximum absolute atomic E-state index is 12.2. The zero-order valence-corrected chi connectivity index (χ0v) is 11.3. The highest BCUT2D eigenvalue weighted by Gasteiger charge is 2.20. The summed E-state index contributed by atoms with van der Waals surface area (Å²) in [6.45, 7) is 3.87. The highest BCUT2D eigenvalue weighted by molar-refractivity contribution is 5.98. The van der Waals surface area contributed by atoms with Crippen molar-refractivity contribution < 1.29 is 9.90 Å². The van der Waals surface area contributed by atoms with Gasteiger partial charge in [-0.05, 0) is 43.2 Å². The summed E-state index contributed by atoms with van der Waals surface area (Å²) in [7, 11) is 0. The number of carbonyl (C=O) groups excluding carboxylic acids is 1. The van der Waals surface area contributed by atoms with Gasteiger partial charge in [-0.1, -0.05) is 30.3 Å². The van der Waals surface area contributed by atoms with Crippen LogP contribution in [-0.2, 0) is 0 Å². The van der Waals surface area contributed by atoms with Crippen LogP contribution in [0.5, 0.6) is 0 Å². The molecule has 0 spiro atoms. The molecule has 0 atom stereocenters. The largest absolute Gasteiger partial charge is 0.396 e. The van der Waals surface area contributed by atoms with E-state index in [1.54, 1.807) is 0 Å². The summed E-state index contributed by atoms with van der Waals surface area (Å²) in [6.07, 6.45) is 0.534. The van der Waals surface area contributed by atoms with E-state index in [9.17, 15) is 4.79 Å². The smallest absolute Gasteiger partial charge is 0.251 e. The van der Waals surface area contributed by atoms with Gasteiger partial charge in [0.05, 0.1) is 0 Å². The highest BCUT2D eigenvalue weighted by Crippen LogP contribution is 2.16. The Labute approximate surface area is 113 Å². The Morgan fingerprint density at radius 1 is 1.16 bits per heavy atom. The summed E-state index contributed by atoms with van der Waals surface area (Å²) in [6, 6.07) is 13.6. The molecule has 0 saturated carbocycles. The number of aliphatic hydroxyl groups is 1. The number of aliphatic hydroxyl groups excluding tert-OH is 1. The second-order valence-corrected chi connectivity index (χ2v) is 5.37. The third-order valence-electron chi connectivity index (χ3n) is 3.20. The van der Waals surface area contributed by atoms with E-state index in [1.807, 2.05) is 56.3 Å². The molecular weight excluding hydrogens is 238 g/mol. The van der Waals surface area contributed by atoms with Gasteiger partial charge in [-0.2, -0.15) is 0 Å². The monoisotopic (exact) mass is 257 g/mol. The molecule has 0 aliphatic carbocycles. The van der Waals surface area contributed by atoms with Crippen molar-refractivity contribution in [1.82, 2.24) is 5.32 Å².